The summed E-state index contributed by atoms with van der Waals surface area (Å²) in [6, 6.07) is 14.6. The number of rotatable bonds is 4. The lowest BCUT2D eigenvalue weighted by molar-refractivity contribution is -0.0563. The van der Waals surface area contributed by atoms with Crippen molar-refractivity contribution in [3.05, 3.63) is 60.2 Å². The van der Waals surface area contributed by atoms with Crippen molar-refractivity contribution in [2.45, 2.75) is 31.2 Å². The monoisotopic (exact) mass is 298 g/mol. The van der Waals surface area contributed by atoms with E-state index in [0.29, 0.717) is 13.2 Å². The van der Waals surface area contributed by atoms with Crippen LogP contribution in [0, 0.1) is 0 Å². The van der Waals surface area contributed by atoms with Crippen LogP contribution in [-0.2, 0) is 20.8 Å². The Balaban J connectivity index is 1.36. The number of aliphatic hydroxyl groups excluding tert-OH is 1. The van der Waals surface area contributed by atoms with Crippen LogP contribution in [0.15, 0.2) is 54.6 Å². The number of aliphatic hydroxyl groups is 1. The topological polar surface area (TPSA) is 47.9 Å². The van der Waals surface area contributed by atoms with Gasteiger partial charge in [0, 0.05) is 0 Å². The fraction of sp³-hybridized carbons (Fsp3) is 0.333. The first kappa shape index (κ1) is 13.9. The van der Waals surface area contributed by atoms with Crippen molar-refractivity contribution in [3.63, 3.8) is 0 Å². The van der Waals surface area contributed by atoms with Crippen molar-refractivity contribution in [2.75, 3.05) is 6.61 Å². The number of fused-ring (bicyclic) bond motifs is 3. The molecule has 0 aliphatic carbocycles. The molecule has 4 rings (SSSR count). The lowest BCUT2D eigenvalue weighted by Crippen LogP contribution is -2.37. The van der Waals surface area contributed by atoms with Crippen molar-refractivity contribution in [3.8, 4) is 0 Å². The maximum atomic E-state index is 9.85. The highest BCUT2D eigenvalue weighted by molar-refractivity contribution is 5.82. The van der Waals surface area contributed by atoms with Gasteiger partial charge in [0.05, 0.1) is 13.2 Å². The molecule has 4 nitrogen and oxygen atoms in total. The SMILES string of the molecule is O[C@@H]1C=C[C@H]2O[C@@H]1[C@H](COCc1ccc3ccccc3c1)O2. The Labute approximate surface area is 128 Å². The fourth-order valence-electron chi connectivity index (χ4n) is 2.99. The van der Waals surface area contributed by atoms with E-state index < -0.39 is 6.10 Å². The molecule has 2 aromatic rings. The van der Waals surface area contributed by atoms with Crippen LogP contribution >= 0.6 is 0 Å². The van der Waals surface area contributed by atoms with Crippen molar-refractivity contribution in [2.24, 2.45) is 0 Å². The third kappa shape index (κ3) is 2.66. The zero-order chi connectivity index (χ0) is 14.9. The van der Waals surface area contributed by atoms with Crippen molar-refractivity contribution < 1.29 is 19.3 Å². The maximum Gasteiger partial charge on any atom is 0.178 e. The third-order valence-corrected chi connectivity index (χ3v) is 4.13. The summed E-state index contributed by atoms with van der Waals surface area (Å²) in [4.78, 5) is 0. The largest absolute Gasteiger partial charge is 0.386 e. The van der Waals surface area contributed by atoms with Gasteiger partial charge in [-0.15, -0.1) is 0 Å². The second-order valence-electron chi connectivity index (χ2n) is 5.72. The normalized spacial score (nSPS) is 30.0. The molecule has 1 saturated heterocycles. The van der Waals surface area contributed by atoms with E-state index in [0.717, 1.165) is 5.56 Å². The molecular formula is C18H18O4. The van der Waals surface area contributed by atoms with Crippen LogP contribution in [-0.4, -0.2) is 36.3 Å². The van der Waals surface area contributed by atoms with Crippen molar-refractivity contribution >= 4 is 10.8 Å². The Morgan fingerprint density at radius 2 is 1.86 bits per heavy atom. The Morgan fingerprint density at radius 1 is 1.00 bits per heavy atom. The molecule has 0 unspecified atom stereocenters. The molecule has 2 heterocycles. The fourth-order valence-corrected chi connectivity index (χ4v) is 2.99. The predicted octanol–water partition coefficient (Wildman–Crippen LogP) is 2.40. The molecule has 0 saturated carbocycles. The second kappa shape index (κ2) is 5.82. The maximum absolute atomic E-state index is 9.85. The number of hydrogen-bond donors (Lipinski definition) is 1. The van der Waals surface area contributed by atoms with Crippen molar-refractivity contribution in [1.29, 1.82) is 0 Å². The molecule has 0 spiro atoms. The lowest BCUT2D eigenvalue weighted by atomic mass is 10.1. The minimum atomic E-state index is -0.618. The molecule has 2 bridgehead atoms. The van der Waals surface area contributed by atoms with E-state index in [2.05, 4.69) is 30.3 Å². The van der Waals surface area contributed by atoms with Gasteiger partial charge in [-0.25, -0.2) is 0 Å². The number of hydrogen-bond acceptors (Lipinski definition) is 4. The first-order valence-corrected chi connectivity index (χ1v) is 7.52. The van der Waals surface area contributed by atoms with Gasteiger partial charge in [0.1, 0.15) is 18.3 Å². The number of ether oxygens (including phenoxy) is 3. The molecular weight excluding hydrogens is 280 g/mol. The summed E-state index contributed by atoms with van der Waals surface area (Å²) < 4.78 is 17.0. The quantitative estimate of drug-likeness (QED) is 0.881. The van der Waals surface area contributed by atoms with Crippen LogP contribution in [0.5, 0.6) is 0 Å². The predicted molar refractivity (Wildman–Crippen MR) is 82.3 cm³/mol. The molecule has 2 aromatic carbocycles. The Bertz CT molecular complexity index is 696. The van der Waals surface area contributed by atoms with Gasteiger partial charge in [-0.05, 0) is 28.5 Å². The summed E-state index contributed by atoms with van der Waals surface area (Å²) >= 11 is 0. The second-order valence-corrected chi connectivity index (χ2v) is 5.72. The van der Waals surface area contributed by atoms with Gasteiger partial charge in [-0.1, -0.05) is 42.5 Å². The highest BCUT2D eigenvalue weighted by atomic mass is 16.7. The van der Waals surface area contributed by atoms with Gasteiger partial charge in [0.25, 0.3) is 0 Å². The standard InChI is InChI=1S/C18H18O4/c19-15-7-8-17-21-16(18(15)22-17)11-20-10-12-5-6-13-3-1-2-4-14(13)9-12/h1-9,15-19H,10-11H2/t15-,16+,17-,18+/m1/s1. The van der Waals surface area contributed by atoms with Gasteiger partial charge in [0.2, 0.25) is 0 Å². The Hall–Kier alpha value is -1.72. The van der Waals surface area contributed by atoms with Gasteiger partial charge < -0.3 is 19.3 Å². The van der Waals surface area contributed by atoms with Crippen LogP contribution in [0.2, 0.25) is 0 Å². The zero-order valence-electron chi connectivity index (χ0n) is 12.1. The summed E-state index contributed by atoms with van der Waals surface area (Å²) in [5, 5.41) is 12.3. The first-order chi connectivity index (χ1) is 10.8. The van der Waals surface area contributed by atoms with E-state index in [1.165, 1.54) is 10.8 Å². The smallest absolute Gasteiger partial charge is 0.178 e. The minimum absolute atomic E-state index is 0.226. The zero-order valence-corrected chi connectivity index (χ0v) is 12.1. The van der Waals surface area contributed by atoms with E-state index in [4.69, 9.17) is 14.2 Å². The van der Waals surface area contributed by atoms with Crippen LogP contribution in [0.4, 0.5) is 0 Å². The van der Waals surface area contributed by atoms with Gasteiger partial charge in [-0.2, -0.15) is 0 Å². The average Bonchev–Trinajstić information content (AvgIpc) is 2.89. The summed E-state index contributed by atoms with van der Waals surface area (Å²) in [7, 11) is 0. The van der Waals surface area contributed by atoms with E-state index in [1.807, 2.05) is 12.1 Å². The molecule has 2 aliphatic rings. The van der Waals surface area contributed by atoms with Crippen LogP contribution in [0.3, 0.4) is 0 Å². The van der Waals surface area contributed by atoms with Crippen LogP contribution < -0.4 is 0 Å². The molecule has 4 atom stereocenters. The highest BCUT2D eigenvalue weighted by Crippen LogP contribution is 2.28. The van der Waals surface area contributed by atoms with Crippen molar-refractivity contribution in [1.82, 2.24) is 0 Å². The number of benzene rings is 2. The summed E-state index contributed by atoms with van der Waals surface area (Å²) in [6.07, 6.45) is 1.95. The minimum Gasteiger partial charge on any atom is -0.386 e. The van der Waals surface area contributed by atoms with Crippen LogP contribution in [0.25, 0.3) is 10.8 Å². The summed E-state index contributed by atoms with van der Waals surface area (Å²) in [5.41, 5.74) is 1.12. The molecule has 0 aromatic heterocycles. The lowest BCUT2D eigenvalue weighted by Gasteiger charge is -2.21. The van der Waals surface area contributed by atoms with E-state index in [9.17, 15) is 5.11 Å². The molecule has 22 heavy (non-hydrogen) atoms. The summed E-state index contributed by atoms with van der Waals surface area (Å²) in [6.45, 7) is 0.929. The molecule has 4 heteroatoms. The molecule has 1 N–H and O–H groups in total. The molecule has 0 amide bonds. The highest BCUT2D eigenvalue weighted by Gasteiger charge is 2.41. The third-order valence-electron chi connectivity index (χ3n) is 4.13. The molecule has 0 radical (unpaired) electrons. The van der Waals surface area contributed by atoms with Gasteiger partial charge >= 0.3 is 0 Å². The Kier molecular flexibility index (Phi) is 3.68. The molecule has 114 valence electrons. The van der Waals surface area contributed by atoms with Gasteiger partial charge in [-0.3, -0.25) is 0 Å². The van der Waals surface area contributed by atoms with E-state index in [-0.39, 0.29) is 18.5 Å². The Morgan fingerprint density at radius 3 is 2.77 bits per heavy atom. The van der Waals surface area contributed by atoms with Crippen LogP contribution in [0.1, 0.15) is 5.56 Å². The molecule has 2 aliphatic heterocycles. The van der Waals surface area contributed by atoms with Gasteiger partial charge in [0.15, 0.2) is 6.29 Å². The van der Waals surface area contributed by atoms with E-state index in [1.54, 1.807) is 12.2 Å². The van der Waals surface area contributed by atoms with E-state index >= 15 is 0 Å². The average molecular weight is 298 g/mol. The first-order valence-electron chi connectivity index (χ1n) is 7.52. The summed E-state index contributed by atoms with van der Waals surface area (Å²) in [5.74, 6) is 0. The molecule has 1 fully saturated rings.